The Bertz CT molecular complexity index is 1860. The Morgan fingerprint density at radius 3 is 2.43 bits per heavy atom. The summed E-state index contributed by atoms with van der Waals surface area (Å²) in [5.41, 5.74) is -1.02. The fourth-order valence-corrected chi connectivity index (χ4v) is 4.54. The predicted octanol–water partition coefficient (Wildman–Crippen LogP) is 6.89. The number of hydrogen-bond acceptors (Lipinski definition) is 6. The molecule has 0 aliphatic heterocycles. The minimum absolute atomic E-state index is 0.0220. The molecule has 3 N–H and O–H groups in total. The van der Waals surface area contributed by atoms with E-state index in [1.165, 1.54) is 43.1 Å². The summed E-state index contributed by atoms with van der Waals surface area (Å²) >= 11 is 0. The highest BCUT2D eigenvalue weighted by molar-refractivity contribution is 6.13. The number of amides is 2. The number of aliphatic hydroxyl groups is 1. The average Bonchev–Trinajstić information content (AvgIpc) is 3.37. The molecule has 0 radical (unpaired) electrons. The number of benzene rings is 3. The molecule has 2 heterocycles. The first-order chi connectivity index (χ1) is 20.7. The minimum Gasteiger partial charge on any atom is -0.457 e. The molecule has 0 aliphatic carbocycles. The van der Waals surface area contributed by atoms with Crippen molar-refractivity contribution in [2.45, 2.75) is 39.0 Å². The fraction of sp³-hybridized carbons (Fsp3) is 0.188. The molecule has 9 nitrogen and oxygen atoms in total. The molecule has 0 bridgehead atoms. The van der Waals surface area contributed by atoms with Gasteiger partial charge in [0.25, 0.3) is 5.91 Å². The molecule has 0 fully saturated rings. The second-order valence-corrected chi connectivity index (χ2v) is 10.8. The number of imidazole rings is 1. The van der Waals surface area contributed by atoms with Crippen LogP contribution in [0.2, 0.25) is 0 Å². The van der Waals surface area contributed by atoms with Gasteiger partial charge in [-0.3, -0.25) is 9.59 Å². The van der Waals surface area contributed by atoms with Crippen LogP contribution in [-0.4, -0.2) is 37.1 Å². The number of rotatable bonds is 8. The zero-order chi connectivity index (χ0) is 31.6. The molecule has 0 saturated heterocycles. The van der Waals surface area contributed by atoms with Crippen molar-refractivity contribution in [3.05, 3.63) is 102 Å². The van der Waals surface area contributed by atoms with Crippen LogP contribution in [0, 0.1) is 6.92 Å². The number of carbonyl (C=O) groups is 2. The van der Waals surface area contributed by atoms with Crippen molar-refractivity contribution in [1.82, 2.24) is 14.5 Å². The molecule has 2 aromatic heterocycles. The monoisotopic (exact) mass is 603 g/mol. The zero-order valence-electron chi connectivity index (χ0n) is 23.9. The third-order valence-electron chi connectivity index (χ3n) is 6.44. The Labute approximate surface area is 250 Å². The Morgan fingerprint density at radius 1 is 0.955 bits per heavy atom. The molecule has 0 unspecified atom stereocenters. The molecule has 5 aromatic rings. The largest absolute Gasteiger partial charge is 0.457 e. The number of halogens is 3. The van der Waals surface area contributed by atoms with Crippen molar-refractivity contribution in [2.75, 3.05) is 10.6 Å². The number of anilines is 2. The number of pyridine rings is 1. The lowest BCUT2D eigenvalue weighted by Gasteiger charge is -2.16. The Morgan fingerprint density at radius 2 is 1.73 bits per heavy atom. The number of carbonyl (C=O) groups excluding carboxylic acids is 2. The van der Waals surface area contributed by atoms with Crippen LogP contribution < -0.4 is 15.4 Å². The lowest BCUT2D eigenvalue weighted by Crippen LogP contribution is -2.27. The standard InChI is InChI=1S/C32H28F3N5O4/c1-19-17-40(18-37-19)23-13-21(32(33,34)35)12-22(14-23)38-30(42)27-6-4-5-20-11-24(7-8-26(20)27)44-25-9-10-36-28(15-25)39-29(41)16-31(2,3)43/h4-15,17-18,43H,16H2,1-3H3,(H,38,42)(H,36,39,41). The van der Waals surface area contributed by atoms with Crippen LogP contribution in [0.25, 0.3) is 16.5 Å². The molecule has 44 heavy (non-hydrogen) atoms. The Hall–Kier alpha value is -5.23. The molecule has 3 aromatic carbocycles. The summed E-state index contributed by atoms with van der Waals surface area (Å²) < 4.78 is 48.5. The number of aryl methyl sites for hydroxylation is 1. The molecular formula is C32H28F3N5O4. The van der Waals surface area contributed by atoms with Crippen molar-refractivity contribution in [1.29, 1.82) is 0 Å². The van der Waals surface area contributed by atoms with Gasteiger partial charge in [-0.25, -0.2) is 9.97 Å². The van der Waals surface area contributed by atoms with Gasteiger partial charge < -0.3 is 25.0 Å². The maximum Gasteiger partial charge on any atom is 0.416 e. The van der Waals surface area contributed by atoms with E-state index in [9.17, 15) is 27.9 Å². The molecule has 0 spiro atoms. The van der Waals surface area contributed by atoms with Crippen LogP contribution in [-0.2, 0) is 11.0 Å². The van der Waals surface area contributed by atoms with Gasteiger partial charge in [-0.1, -0.05) is 12.1 Å². The van der Waals surface area contributed by atoms with Crippen molar-refractivity contribution >= 4 is 34.1 Å². The Kier molecular flexibility index (Phi) is 8.11. The fourth-order valence-electron chi connectivity index (χ4n) is 4.54. The molecule has 5 rings (SSSR count). The highest BCUT2D eigenvalue weighted by Crippen LogP contribution is 2.34. The van der Waals surface area contributed by atoms with Crippen molar-refractivity contribution in [2.24, 2.45) is 0 Å². The summed E-state index contributed by atoms with van der Waals surface area (Å²) in [4.78, 5) is 33.7. The van der Waals surface area contributed by atoms with Gasteiger partial charge in [0, 0.05) is 35.4 Å². The number of ether oxygens (including phenoxy) is 1. The van der Waals surface area contributed by atoms with Gasteiger partial charge in [-0.2, -0.15) is 13.2 Å². The van der Waals surface area contributed by atoms with Crippen molar-refractivity contribution in [3.8, 4) is 17.2 Å². The van der Waals surface area contributed by atoms with Gasteiger partial charge in [-0.05, 0) is 80.1 Å². The highest BCUT2D eigenvalue weighted by atomic mass is 19.4. The van der Waals surface area contributed by atoms with Gasteiger partial charge in [0.15, 0.2) is 0 Å². The number of hydrogen-bond donors (Lipinski definition) is 3. The average molecular weight is 604 g/mol. The van der Waals surface area contributed by atoms with E-state index in [0.29, 0.717) is 28.0 Å². The van der Waals surface area contributed by atoms with E-state index in [2.05, 4.69) is 20.6 Å². The lowest BCUT2D eigenvalue weighted by atomic mass is 10.0. The molecule has 226 valence electrons. The van der Waals surface area contributed by atoms with Crippen LogP contribution in [0.1, 0.15) is 41.9 Å². The van der Waals surface area contributed by atoms with E-state index in [1.54, 1.807) is 55.6 Å². The van der Waals surface area contributed by atoms with E-state index in [1.807, 2.05) is 0 Å². The second-order valence-electron chi connectivity index (χ2n) is 10.8. The molecule has 2 amide bonds. The van der Waals surface area contributed by atoms with Crippen LogP contribution >= 0.6 is 0 Å². The van der Waals surface area contributed by atoms with Crippen LogP contribution in [0.4, 0.5) is 24.7 Å². The van der Waals surface area contributed by atoms with E-state index in [-0.39, 0.29) is 29.2 Å². The first-order valence-corrected chi connectivity index (χ1v) is 13.5. The highest BCUT2D eigenvalue weighted by Gasteiger charge is 2.31. The Balaban J connectivity index is 1.37. The van der Waals surface area contributed by atoms with Crippen LogP contribution in [0.15, 0.2) is 85.5 Å². The normalized spacial score (nSPS) is 11.8. The first-order valence-electron chi connectivity index (χ1n) is 13.5. The van der Waals surface area contributed by atoms with Crippen LogP contribution in [0.5, 0.6) is 11.5 Å². The zero-order valence-corrected chi connectivity index (χ0v) is 23.9. The smallest absolute Gasteiger partial charge is 0.416 e. The van der Waals surface area contributed by atoms with Crippen molar-refractivity contribution in [3.63, 3.8) is 0 Å². The maximum absolute atomic E-state index is 13.7. The number of alkyl halides is 3. The van der Waals surface area contributed by atoms with Crippen molar-refractivity contribution < 1.29 is 32.6 Å². The molecule has 0 aliphatic rings. The SMILES string of the molecule is Cc1cn(-c2cc(NC(=O)c3cccc4cc(Oc5ccnc(NC(=O)CC(C)(C)O)c5)ccc34)cc(C(F)(F)F)c2)cn1. The minimum atomic E-state index is -4.63. The van der Waals surface area contributed by atoms with E-state index >= 15 is 0 Å². The summed E-state index contributed by atoms with van der Waals surface area (Å²) in [6.07, 6.45) is -0.280. The lowest BCUT2D eigenvalue weighted by molar-refractivity contribution is -0.137. The molecule has 0 atom stereocenters. The maximum atomic E-state index is 13.7. The number of aromatic nitrogens is 3. The van der Waals surface area contributed by atoms with Gasteiger partial charge in [0.1, 0.15) is 17.3 Å². The summed E-state index contributed by atoms with van der Waals surface area (Å²) in [7, 11) is 0. The first kappa shape index (κ1) is 30.2. The third-order valence-corrected chi connectivity index (χ3v) is 6.44. The molecule has 12 heteroatoms. The van der Waals surface area contributed by atoms with E-state index in [0.717, 1.165) is 12.1 Å². The summed E-state index contributed by atoms with van der Waals surface area (Å²) in [5, 5.41) is 16.3. The number of nitrogens with zero attached hydrogens (tertiary/aromatic N) is 3. The number of fused-ring (bicyclic) bond motifs is 1. The summed E-state index contributed by atoms with van der Waals surface area (Å²) in [5.74, 6) is 0.0830. The van der Waals surface area contributed by atoms with Crippen LogP contribution in [0.3, 0.4) is 0 Å². The predicted molar refractivity (Wildman–Crippen MR) is 159 cm³/mol. The van der Waals surface area contributed by atoms with Gasteiger partial charge in [-0.15, -0.1) is 0 Å². The summed E-state index contributed by atoms with van der Waals surface area (Å²) in [6, 6.07) is 16.5. The molecular weight excluding hydrogens is 575 g/mol. The van der Waals surface area contributed by atoms with E-state index < -0.39 is 29.2 Å². The molecule has 0 saturated carbocycles. The van der Waals surface area contributed by atoms with Gasteiger partial charge in [0.05, 0.1) is 29.6 Å². The third kappa shape index (κ3) is 7.39. The summed E-state index contributed by atoms with van der Waals surface area (Å²) in [6.45, 7) is 4.78. The number of nitrogens with one attached hydrogen (secondary N) is 2. The van der Waals surface area contributed by atoms with E-state index in [4.69, 9.17) is 4.74 Å². The topological polar surface area (TPSA) is 118 Å². The quantitative estimate of drug-likeness (QED) is 0.178. The second kappa shape index (κ2) is 11.8. The van der Waals surface area contributed by atoms with Gasteiger partial charge in [0.2, 0.25) is 5.91 Å². The van der Waals surface area contributed by atoms with Gasteiger partial charge >= 0.3 is 6.18 Å².